The maximum atomic E-state index is 13.2. The van der Waals surface area contributed by atoms with E-state index in [0.29, 0.717) is 30.0 Å². The van der Waals surface area contributed by atoms with Crippen LogP contribution < -0.4 is 5.32 Å². The van der Waals surface area contributed by atoms with Crippen molar-refractivity contribution in [1.29, 1.82) is 0 Å². The standard InChI is InChI=1S/C27H25ClFN5O2/c1-17-14-19(3-2-18-4-8-21(29)9-5-18)15-30-25(17)32-26(35)24-23(28)16-31-34(24)22-10-12-33(13-11-22)27(36)20-6-7-20/h4-5,8-9,14-16,20,22H,6-7,10-13H2,1H3,(H,30,32,35). The number of halogens is 2. The van der Waals surface area contributed by atoms with Crippen LogP contribution >= 0.6 is 11.6 Å². The Hall–Kier alpha value is -3.70. The number of nitrogens with one attached hydrogen (secondary N) is 1. The molecule has 3 heterocycles. The second kappa shape index (κ2) is 10.1. The molecule has 0 bridgehead atoms. The Morgan fingerprint density at radius 2 is 1.75 bits per heavy atom. The Labute approximate surface area is 213 Å². The molecular weight excluding hydrogens is 481 g/mol. The number of hydrogen-bond donors (Lipinski definition) is 1. The number of aryl methyl sites for hydroxylation is 1. The Kier molecular flexibility index (Phi) is 6.75. The van der Waals surface area contributed by atoms with Crippen molar-refractivity contribution < 1.29 is 14.0 Å². The highest BCUT2D eigenvalue weighted by atomic mass is 35.5. The number of likely N-dealkylation sites (tertiary alicyclic amines) is 1. The first-order valence-electron chi connectivity index (χ1n) is 12.0. The first-order valence-corrected chi connectivity index (χ1v) is 12.3. The fraction of sp³-hybridized carbons (Fsp3) is 0.333. The van der Waals surface area contributed by atoms with Gasteiger partial charge in [0.05, 0.1) is 17.3 Å². The molecule has 2 amide bonds. The molecule has 3 aromatic rings. The minimum atomic E-state index is -0.394. The third-order valence-corrected chi connectivity index (χ3v) is 6.80. The largest absolute Gasteiger partial charge is 0.342 e. The zero-order chi connectivity index (χ0) is 25.2. The van der Waals surface area contributed by atoms with Crippen molar-refractivity contribution in [2.24, 2.45) is 5.92 Å². The molecule has 1 saturated carbocycles. The number of amides is 2. The molecule has 1 aromatic carbocycles. The van der Waals surface area contributed by atoms with E-state index in [1.165, 1.54) is 18.3 Å². The van der Waals surface area contributed by atoms with E-state index in [2.05, 4.69) is 27.2 Å². The molecule has 0 spiro atoms. The molecule has 1 N–H and O–H groups in total. The molecule has 184 valence electrons. The summed E-state index contributed by atoms with van der Waals surface area (Å²) in [7, 11) is 0. The van der Waals surface area contributed by atoms with Crippen LogP contribution in [0.1, 0.15) is 58.9 Å². The van der Waals surface area contributed by atoms with Gasteiger partial charge in [0.25, 0.3) is 5.91 Å². The van der Waals surface area contributed by atoms with Gasteiger partial charge in [-0.15, -0.1) is 0 Å². The van der Waals surface area contributed by atoms with Crippen LogP contribution in [0.3, 0.4) is 0 Å². The summed E-state index contributed by atoms with van der Waals surface area (Å²) in [5, 5.41) is 7.48. The number of hydrogen-bond acceptors (Lipinski definition) is 4. The smallest absolute Gasteiger partial charge is 0.276 e. The lowest BCUT2D eigenvalue weighted by Gasteiger charge is -2.32. The van der Waals surface area contributed by atoms with E-state index in [9.17, 15) is 14.0 Å². The normalized spacial score (nSPS) is 15.8. The number of pyridine rings is 1. The average Bonchev–Trinajstić information content (AvgIpc) is 3.66. The Balaban J connectivity index is 1.26. The second-order valence-corrected chi connectivity index (χ2v) is 9.62. The molecule has 7 nitrogen and oxygen atoms in total. The number of aromatic nitrogens is 3. The van der Waals surface area contributed by atoms with E-state index in [1.807, 2.05) is 17.9 Å². The summed E-state index contributed by atoms with van der Waals surface area (Å²) in [5.41, 5.74) is 2.39. The Morgan fingerprint density at radius 1 is 1.06 bits per heavy atom. The summed E-state index contributed by atoms with van der Waals surface area (Å²) in [6, 6.07) is 7.75. The molecule has 2 aliphatic rings. The maximum absolute atomic E-state index is 13.2. The van der Waals surface area contributed by atoms with Gasteiger partial charge in [0.2, 0.25) is 5.91 Å². The first kappa shape index (κ1) is 24.0. The van der Waals surface area contributed by atoms with Gasteiger partial charge >= 0.3 is 0 Å². The molecule has 2 aromatic heterocycles. The van der Waals surface area contributed by atoms with Gasteiger partial charge in [0.15, 0.2) is 0 Å². The van der Waals surface area contributed by atoms with E-state index >= 15 is 0 Å². The van der Waals surface area contributed by atoms with Crippen LogP contribution in [0.4, 0.5) is 10.2 Å². The van der Waals surface area contributed by atoms with Crippen molar-refractivity contribution in [2.75, 3.05) is 18.4 Å². The molecule has 5 rings (SSSR count). The van der Waals surface area contributed by atoms with Crippen molar-refractivity contribution >= 4 is 29.2 Å². The fourth-order valence-electron chi connectivity index (χ4n) is 4.37. The van der Waals surface area contributed by atoms with E-state index in [1.54, 1.807) is 23.0 Å². The molecule has 0 unspecified atom stereocenters. The topological polar surface area (TPSA) is 80.1 Å². The van der Waals surface area contributed by atoms with Crippen LogP contribution in [0.2, 0.25) is 5.02 Å². The highest BCUT2D eigenvalue weighted by molar-refractivity contribution is 6.34. The molecule has 2 fully saturated rings. The number of anilines is 1. The summed E-state index contributed by atoms with van der Waals surface area (Å²) >= 11 is 6.36. The predicted octanol–water partition coefficient (Wildman–Crippen LogP) is 4.60. The molecular formula is C27H25ClFN5O2. The molecule has 0 atom stereocenters. The molecule has 36 heavy (non-hydrogen) atoms. The Morgan fingerprint density at radius 3 is 2.42 bits per heavy atom. The number of benzene rings is 1. The molecule has 0 radical (unpaired) electrons. The monoisotopic (exact) mass is 505 g/mol. The van der Waals surface area contributed by atoms with Crippen molar-refractivity contribution in [1.82, 2.24) is 19.7 Å². The van der Waals surface area contributed by atoms with Crippen LogP contribution in [-0.4, -0.2) is 44.6 Å². The van der Waals surface area contributed by atoms with Crippen molar-refractivity contribution in [3.63, 3.8) is 0 Å². The van der Waals surface area contributed by atoms with Gasteiger partial charge in [-0.2, -0.15) is 5.10 Å². The van der Waals surface area contributed by atoms with Gasteiger partial charge in [0.1, 0.15) is 17.3 Å². The average molecular weight is 506 g/mol. The van der Waals surface area contributed by atoms with Gasteiger partial charge in [-0.05, 0) is 68.5 Å². The van der Waals surface area contributed by atoms with Crippen LogP contribution in [0.5, 0.6) is 0 Å². The van der Waals surface area contributed by atoms with Gasteiger partial charge in [0, 0.05) is 36.3 Å². The quantitative estimate of drug-likeness (QED) is 0.525. The van der Waals surface area contributed by atoms with Crippen LogP contribution in [0.25, 0.3) is 0 Å². The number of piperidine rings is 1. The summed E-state index contributed by atoms with van der Waals surface area (Å²) < 4.78 is 14.7. The van der Waals surface area contributed by atoms with E-state index < -0.39 is 5.91 Å². The second-order valence-electron chi connectivity index (χ2n) is 9.22. The van der Waals surface area contributed by atoms with Gasteiger partial charge in [-0.25, -0.2) is 9.37 Å². The summed E-state index contributed by atoms with van der Waals surface area (Å²) in [6.07, 6.45) is 6.47. The van der Waals surface area contributed by atoms with E-state index in [4.69, 9.17) is 11.6 Å². The lowest BCUT2D eigenvalue weighted by Crippen LogP contribution is -2.40. The van der Waals surface area contributed by atoms with Crippen LogP contribution in [0.15, 0.2) is 42.7 Å². The van der Waals surface area contributed by atoms with Gasteiger partial charge in [-0.3, -0.25) is 14.3 Å². The van der Waals surface area contributed by atoms with Crippen molar-refractivity contribution in [2.45, 2.75) is 38.6 Å². The van der Waals surface area contributed by atoms with Crippen LogP contribution in [-0.2, 0) is 4.79 Å². The van der Waals surface area contributed by atoms with Crippen molar-refractivity contribution in [3.8, 4) is 11.8 Å². The number of carbonyl (C=O) groups excluding carboxylic acids is 2. The molecule has 1 saturated heterocycles. The summed E-state index contributed by atoms with van der Waals surface area (Å²) in [4.78, 5) is 31.8. The molecule has 1 aliphatic heterocycles. The molecule has 9 heteroatoms. The van der Waals surface area contributed by atoms with E-state index in [0.717, 1.165) is 31.2 Å². The summed E-state index contributed by atoms with van der Waals surface area (Å²) in [6.45, 7) is 3.14. The number of carbonyl (C=O) groups is 2. The lowest BCUT2D eigenvalue weighted by atomic mass is 10.0. The SMILES string of the molecule is Cc1cc(C#Cc2ccc(F)cc2)cnc1NC(=O)c1c(Cl)cnn1C1CCN(C(=O)C2CC2)CC1. The minimum absolute atomic E-state index is 0.0142. The summed E-state index contributed by atoms with van der Waals surface area (Å²) in [5.74, 6) is 6.13. The van der Waals surface area contributed by atoms with Gasteiger partial charge in [-0.1, -0.05) is 23.4 Å². The highest BCUT2D eigenvalue weighted by Crippen LogP contribution is 2.34. The van der Waals surface area contributed by atoms with Crippen molar-refractivity contribution in [3.05, 3.63) is 75.9 Å². The van der Waals surface area contributed by atoms with Crippen LogP contribution in [0, 0.1) is 30.5 Å². The number of rotatable bonds is 4. The predicted molar refractivity (Wildman–Crippen MR) is 134 cm³/mol. The van der Waals surface area contributed by atoms with E-state index in [-0.39, 0.29) is 34.4 Å². The zero-order valence-corrected chi connectivity index (χ0v) is 20.6. The fourth-order valence-corrected chi connectivity index (χ4v) is 4.58. The number of nitrogens with zero attached hydrogens (tertiary/aromatic N) is 4. The lowest BCUT2D eigenvalue weighted by molar-refractivity contribution is -0.133. The first-order chi connectivity index (χ1) is 17.4. The highest BCUT2D eigenvalue weighted by Gasteiger charge is 2.36. The zero-order valence-electron chi connectivity index (χ0n) is 19.8. The maximum Gasteiger partial charge on any atom is 0.276 e. The third-order valence-electron chi connectivity index (χ3n) is 6.52. The Bertz CT molecular complexity index is 1360. The van der Waals surface area contributed by atoms with Gasteiger partial charge < -0.3 is 10.2 Å². The molecule has 1 aliphatic carbocycles. The minimum Gasteiger partial charge on any atom is -0.342 e. The third kappa shape index (κ3) is 5.26.